The van der Waals surface area contributed by atoms with Crippen molar-refractivity contribution in [1.29, 1.82) is 0 Å². The molecule has 4 rings (SSSR count). The number of carboxylic acids is 1. The Hall–Kier alpha value is -3.22. The van der Waals surface area contributed by atoms with Crippen LogP contribution in [0.5, 0.6) is 0 Å². The van der Waals surface area contributed by atoms with E-state index in [0.717, 1.165) is 65.2 Å². The lowest BCUT2D eigenvalue weighted by Crippen LogP contribution is -2.72. The summed E-state index contributed by atoms with van der Waals surface area (Å²) in [5.41, 5.74) is 0. The van der Waals surface area contributed by atoms with Gasteiger partial charge in [-0.15, -0.1) is 0 Å². The van der Waals surface area contributed by atoms with Crippen LogP contribution in [0.25, 0.3) is 0 Å². The molecule has 29 heteroatoms. The van der Waals surface area contributed by atoms with E-state index in [1.165, 1.54) is 135 Å². The van der Waals surface area contributed by atoms with Gasteiger partial charge in [0.2, 0.25) is 17.7 Å². The van der Waals surface area contributed by atoms with Gasteiger partial charge in [-0.05, 0) is 19.3 Å². The molecule has 584 valence electrons. The number of aliphatic hydroxyl groups is 13. The molecule has 4 saturated heterocycles. The van der Waals surface area contributed by atoms with Crippen LogP contribution in [0.4, 0.5) is 0 Å². The summed E-state index contributed by atoms with van der Waals surface area (Å²) < 4.78 is 47.9. The third-order valence-corrected chi connectivity index (χ3v) is 19.5. The molecule has 4 heterocycles. The van der Waals surface area contributed by atoms with Gasteiger partial charge in [0, 0.05) is 26.7 Å². The molecule has 4 aliphatic heterocycles. The van der Waals surface area contributed by atoms with Crippen LogP contribution in [0.2, 0.25) is 0 Å². The van der Waals surface area contributed by atoms with Crippen LogP contribution < -0.4 is 16.0 Å². The molecule has 0 bridgehead atoms. The fourth-order valence-corrected chi connectivity index (χ4v) is 13.5. The van der Waals surface area contributed by atoms with Gasteiger partial charge in [-0.25, -0.2) is 4.79 Å². The number of rotatable bonds is 53. The first-order chi connectivity index (χ1) is 48.0. The second-order valence-electron chi connectivity index (χ2n) is 27.9. The van der Waals surface area contributed by atoms with E-state index >= 15 is 0 Å². The first-order valence-electron chi connectivity index (χ1n) is 37.6. The first-order valence-corrected chi connectivity index (χ1v) is 37.6. The Morgan fingerprint density at radius 3 is 1.45 bits per heavy atom. The van der Waals surface area contributed by atoms with E-state index in [-0.39, 0.29) is 12.3 Å². The Balaban J connectivity index is 1.50. The van der Waals surface area contributed by atoms with Gasteiger partial charge in [0.1, 0.15) is 91.5 Å². The zero-order valence-electron chi connectivity index (χ0n) is 59.9. The number of nitrogens with one attached hydrogen (secondary N) is 3. The van der Waals surface area contributed by atoms with Crippen LogP contribution >= 0.6 is 0 Å². The van der Waals surface area contributed by atoms with Crippen molar-refractivity contribution in [2.24, 2.45) is 0 Å². The molecule has 0 saturated carbocycles. The summed E-state index contributed by atoms with van der Waals surface area (Å²) in [5.74, 6) is -7.36. The smallest absolute Gasteiger partial charge is 0.364 e. The highest BCUT2D eigenvalue weighted by Gasteiger charge is 2.62. The maximum atomic E-state index is 13.6. The van der Waals surface area contributed by atoms with Gasteiger partial charge >= 0.3 is 5.97 Å². The maximum Gasteiger partial charge on any atom is 0.364 e. The SMILES string of the molecule is CCCCCCCCCCCCC/C=C/[C@@H](O)[C@H](CO[C@@H]1OC(CO)[C@@H](O[C@@H]2OC(CO)[C@H](O[C@@H]3OC(CO)[C@H](O)[C@H](O)C3NC(C)=O)[C@H](O[C@]3(C(=O)O)CC(O)[C@@H](NC(C)=O)C([C@H](O)[C@H](O)CO)O3)C2O)[C@H](O)C1O)NC(=O)CCCCCCCCCCCCCCCCCCCCC. The molecule has 23 atom stereocenters. The summed E-state index contributed by atoms with van der Waals surface area (Å²) in [5, 5.41) is 163. The zero-order chi connectivity index (χ0) is 73.6. The largest absolute Gasteiger partial charge is 0.477 e. The average molecular weight is 1440 g/mol. The Bertz CT molecular complexity index is 2250. The van der Waals surface area contributed by atoms with Crippen LogP contribution in [-0.2, 0) is 57.1 Å². The van der Waals surface area contributed by atoms with Crippen molar-refractivity contribution in [2.75, 3.05) is 33.0 Å². The fourth-order valence-electron chi connectivity index (χ4n) is 13.5. The van der Waals surface area contributed by atoms with Crippen LogP contribution in [0.1, 0.15) is 240 Å². The van der Waals surface area contributed by atoms with E-state index in [2.05, 4.69) is 29.8 Å². The number of hydrogen-bond acceptors (Lipinski definition) is 25. The molecule has 0 aromatic heterocycles. The Morgan fingerprint density at radius 1 is 0.520 bits per heavy atom. The summed E-state index contributed by atoms with van der Waals surface area (Å²) in [6, 6.07) is -4.52. The quantitative estimate of drug-likeness (QED) is 0.0307. The minimum absolute atomic E-state index is 0.162. The lowest BCUT2D eigenvalue weighted by atomic mass is 9.88. The van der Waals surface area contributed by atoms with Crippen LogP contribution in [0, 0.1) is 0 Å². The Kier molecular flexibility index (Phi) is 44.2. The van der Waals surface area contributed by atoms with E-state index in [4.69, 9.17) is 37.9 Å². The number of amides is 3. The molecule has 29 nitrogen and oxygen atoms in total. The summed E-state index contributed by atoms with van der Waals surface area (Å²) >= 11 is 0. The Labute approximate surface area is 591 Å². The second kappa shape index (κ2) is 49.5. The highest BCUT2D eigenvalue weighted by molar-refractivity contribution is 5.77. The highest BCUT2D eigenvalue weighted by Crippen LogP contribution is 2.40. The van der Waals surface area contributed by atoms with E-state index < -0.39 is 198 Å². The number of allylic oxidation sites excluding steroid dienone is 1. The molecular weight excluding hydrogens is 1310 g/mol. The van der Waals surface area contributed by atoms with Gasteiger partial charge in [0.15, 0.2) is 18.9 Å². The monoisotopic (exact) mass is 1440 g/mol. The van der Waals surface area contributed by atoms with E-state index in [1.54, 1.807) is 6.08 Å². The molecule has 100 heavy (non-hydrogen) atoms. The van der Waals surface area contributed by atoms with Crippen LogP contribution in [-0.4, -0.2) is 269 Å². The molecule has 0 aliphatic carbocycles. The van der Waals surface area contributed by atoms with Crippen molar-refractivity contribution in [3.05, 3.63) is 12.2 Å². The Morgan fingerprint density at radius 2 is 0.970 bits per heavy atom. The van der Waals surface area contributed by atoms with Gasteiger partial charge in [-0.2, -0.15) is 0 Å². The van der Waals surface area contributed by atoms with E-state index in [1.807, 2.05) is 6.08 Å². The van der Waals surface area contributed by atoms with Crippen LogP contribution in [0.3, 0.4) is 0 Å². The molecule has 4 aliphatic rings. The number of carbonyl (C=O) groups excluding carboxylic acids is 3. The molecule has 4 fully saturated rings. The number of aliphatic hydroxyl groups excluding tert-OH is 13. The number of carbonyl (C=O) groups is 4. The van der Waals surface area contributed by atoms with Crippen molar-refractivity contribution in [3.63, 3.8) is 0 Å². The molecule has 3 amide bonds. The molecule has 0 spiro atoms. The molecular formula is C71H129N3O26. The molecule has 0 radical (unpaired) electrons. The number of hydrogen-bond donors (Lipinski definition) is 17. The second-order valence-corrected chi connectivity index (χ2v) is 27.9. The lowest BCUT2D eigenvalue weighted by Gasteiger charge is -2.52. The van der Waals surface area contributed by atoms with E-state index in [9.17, 15) is 90.7 Å². The predicted molar refractivity (Wildman–Crippen MR) is 364 cm³/mol. The molecule has 17 N–H and O–H groups in total. The van der Waals surface area contributed by atoms with Crippen molar-refractivity contribution in [2.45, 2.75) is 380 Å². The third kappa shape index (κ3) is 30.0. The number of aliphatic carboxylic acids is 1. The van der Waals surface area contributed by atoms with Crippen molar-refractivity contribution in [1.82, 2.24) is 16.0 Å². The molecule has 8 unspecified atom stereocenters. The summed E-state index contributed by atoms with van der Waals surface area (Å²) in [6.45, 7) is 1.75. The minimum atomic E-state index is -3.28. The van der Waals surface area contributed by atoms with Gasteiger partial charge < -0.3 is 125 Å². The normalized spacial score (nSPS) is 31.5. The average Bonchev–Trinajstić information content (AvgIpc) is 0.750. The van der Waals surface area contributed by atoms with Gasteiger partial charge in [0.25, 0.3) is 5.79 Å². The van der Waals surface area contributed by atoms with Crippen molar-refractivity contribution in [3.8, 4) is 0 Å². The van der Waals surface area contributed by atoms with Crippen molar-refractivity contribution >= 4 is 23.7 Å². The zero-order valence-corrected chi connectivity index (χ0v) is 59.9. The first kappa shape index (κ1) is 89.2. The van der Waals surface area contributed by atoms with Crippen LogP contribution in [0.15, 0.2) is 12.2 Å². The highest BCUT2D eigenvalue weighted by atomic mass is 16.8. The summed E-state index contributed by atoms with van der Waals surface area (Å²) in [7, 11) is 0. The standard InChI is InChI=1S/C71H129N3O26/c1-5-7-9-11-13-15-17-19-20-21-22-23-24-26-28-30-32-34-36-38-54(84)74-47(48(81)37-35-33-31-29-27-25-18-16-14-12-10-8-6-2)44-93-68-61(89)60(88)63(52(42-77)95-68)97-69-62(90)66(64(53(43-78)96-69)98-67-56(73-46(4)80)59(87)58(86)51(41-76)94-67)100-71(70(91)92)39-49(82)55(72-45(3)79)65(99-71)57(85)50(83)40-75/h35,37,47-53,55-69,75-78,81-83,85-90H,5-34,36,38-44H2,1-4H3,(H,72,79)(H,73,80)(H,74,84)(H,91,92)/b37-35+/t47-,48+,49?,50+,51?,52?,53?,55+,56?,57+,58-,59+,60+,61?,62?,63+,64-,65?,66+,67-,68+,69-,71-/m0/s1. The van der Waals surface area contributed by atoms with E-state index in [0.29, 0.717) is 12.8 Å². The maximum absolute atomic E-state index is 13.6. The summed E-state index contributed by atoms with van der Waals surface area (Å²) in [4.78, 5) is 52.0. The topological polar surface area (TPSA) is 461 Å². The number of carboxylic acid groups (broad SMARTS) is 1. The third-order valence-electron chi connectivity index (χ3n) is 19.5. The van der Waals surface area contributed by atoms with Gasteiger partial charge in [-0.1, -0.05) is 206 Å². The molecule has 0 aromatic carbocycles. The van der Waals surface area contributed by atoms with Gasteiger partial charge in [0.05, 0.1) is 57.3 Å². The predicted octanol–water partition coefficient (Wildman–Crippen LogP) is 2.69. The van der Waals surface area contributed by atoms with Gasteiger partial charge in [-0.3, -0.25) is 14.4 Å². The van der Waals surface area contributed by atoms with Crippen molar-refractivity contribution < 1.29 is 129 Å². The number of unbranched alkanes of at least 4 members (excludes halogenated alkanes) is 29. The molecule has 0 aromatic rings. The fraction of sp³-hybridized carbons (Fsp3) is 0.915. The minimum Gasteiger partial charge on any atom is -0.477 e. The number of ether oxygens (including phenoxy) is 8. The lowest BCUT2D eigenvalue weighted by molar-refractivity contribution is -0.401. The summed E-state index contributed by atoms with van der Waals surface area (Å²) in [6.07, 6.45) is 0.923.